The minimum atomic E-state index is -0.430. The van der Waals surface area contributed by atoms with Gasteiger partial charge in [-0.2, -0.15) is 0 Å². The van der Waals surface area contributed by atoms with Gasteiger partial charge in [-0.25, -0.2) is 9.78 Å². The lowest BCUT2D eigenvalue weighted by atomic mass is 9.88. The number of anilines is 1. The average molecular weight is 360 g/mol. The number of fused-ring (bicyclic) bond motifs is 2. The molecule has 2 unspecified atom stereocenters. The molecule has 4 rings (SSSR count). The summed E-state index contributed by atoms with van der Waals surface area (Å²) in [5.41, 5.74) is -0.430. The first-order valence-electron chi connectivity index (χ1n) is 6.71. The second-order valence-electron chi connectivity index (χ2n) is 6.28. The highest BCUT2D eigenvalue weighted by Gasteiger charge is 2.49. The van der Waals surface area contributed by atoms with Crippen LogP contribution in [0.25, 0.3) is 0 Å². The van der Waals surface area contributed by atoms with Crippen LogP contribution in [-0.4, -0.2) is 46.8 Å². The molecule has 0 aromatic carbocycles. The SMILES string of the molecule is CC(C)(C)OC(=O)N1C2CC1CN(c1ncc(Br)s1)C2. The van der Waals surface area contributed by atoms with Crippen molar-refractivity contribution in [2.45, 2.75) is 44.9 Å². The van der Waals surface area contributed by atoms with Gasteiger partial charge in [0.1, 0.15) is 5.60 Å². The van der Waals surface area contributed by atoms with Gasteiger partial charge >= 0.3 is 6.09 Å². The van der Waals surface area contributed by atoms with Crippen LogP contribution < -0.4 is 4.90 Å². The molecule has 0 aliphatic carbocycles. The Balaban J connectivity index is 1.64. The number of hydrogen-bond donors (Lipinski definition) is 0. The van der Waals surface area contributed by atoms with Gasteiger partial charge in [0.25, 0.3) is 0 Å². The van der Waals surface area contributed by atoms with Crippen molar-refractivity contribution in [3.63, 3.8) is 0 Å². The highest BCUT2D eigenvalue weighted by molar-refractivity contribution is 9.11. The van der Waals surface area contributed by atoms with Gasteiger partial charge in [0, 0.05) is 13.1 Å². The van der Waals surface area contributed by atoms with E-state index in [1.54, 1.807) is 11.3 Å². The van der Waals surface area contributed by atoms with Gasteiger partial charge in [-0.3, -0.25) is 4.90 Å². The van der Waals surface area contributed by atoms with E-state index in [0.29, 0.717) is 0 Å². The van der Waals surface area contributed by atoms with Crippen LogP contribution in [0.15, 0.2) is 9.98 Å². The molecular weight excluding hydrogens is 342 g/mol. The van der Waals surface area contributed by atoms with E-state index in [0.717, 1.165) is 28.4 Å². The summed E-state index contributed by atoms with van der Waals surface area (Å²) < 4.78 is 6.51. The van der Waals surface area contributed by atoms with E-state index in [-0.39, 0.29) is 18.2 Å². The molecule has 1 aromatic rings. The van der Waals surface area contributed by atoms with Crippen LogP contribution in [0.3, 0.4) is 0 Å². The number of rotatable bonds is 1. The fourth-order valence-electron chi connectivity index (χ4n) is 2.77. The van der Waals surface area contributed by atoms with Gasteiger partial charge in [-0.05, 0) is 43.1 Å². The number of thiazole rings is 1. The smallest absolute Gasteiger partial charge is 0.410 e. The summed E-state index contributed by atoms with van der Waals surface area (Å²) in [7, 11) is 0. The van der Waals surface area contributed by atoms with Crippen LogP contribution in [0.4, 0.5) is 9.93 Å². The van der Waals surface area contributed by atoms with Crippen molar-refractivity contribution in [2.75, 3.05) is 18.0 Å². The van der Waals surface area contributed by atoms with Crippen molar-refractivity contribution in [1.29, 1.82) is 0 Å². The summed E-state index contributed by atoms with van der Waals surface area (Å²) >= 11 is 5.07. The van der Waals surface area contributed by atoms with Gasteiger partial charge in [0.2, 0.25) is 0 Å². The summed E-state index contributed by atoms with van der Waals surface area (Å²) in [6, 6.07) is 0.512. The normalized spacial score (nSPS) is 25.4. The number of ether oxygens (including phenoxy) is 1. The van der Waals surface area contributed by atoms with Gasteiger partial charge in [0.05, 0.1) is 22.1 Å². The molecule has 0 spiro atoms. The predicted octanol–water partition coefficient (Wildman–Crippen LogP) is 3.10. The number of piperazine rings is 1. The number of amides is 1. The Morgan fingerprint density at radius 3 is 2.60 bits per heavy atom. The molecular formula is C13H18BrN3O2S. The number of aromatic nitrogens is 1. The quantitative estimate of drug-likeness (QED) is 0.772. The second kappa shape index (κ2) is 4.87. The Kier molecular flexibility index (Phi) is 3.44. The number of nitrogens with zero attached hydrogens (tertiary/aromatic N) is 3. The van der Waals surface area contributed by atoms with Crippen LogP contribution in [0, 0.1) is 0 Å². The molecule has 0 saturated carbocycles. The molecule has 7 heteroatoms. The molecule has 2 bridgehead atoms. The summed E-state index contributed by atoms with van der Waals surface area (Å²) in [6.07, 6.45) is 2.72. The molecule has 3 saturated heterocycles. The van der Waals surface area contributed by atoms with E-state index in [9.17, 15) is 4.79 Å². The fourth-order valence-corrected chi connectivity index (χ4v) is 3.97. The van der Waals surface area contributed by atoms with Crippen LogP contribution in [-0.2, 0) is 4.74 Å². The maximum absolute atomic E-state index is 12.2. The van der Waals surface area contributed by atoms with E-state index in [1.165, 1.54) is 0 Å². The zero-order valence-electron chi connectivity index (χ0n) is 11.8. The molecule has 0 N–H and O–H groups in total. The number of carbonyl (C=O) groups is 1. The third-order valence-corrected chi connectivity index (χ3v) is 5.07. The first-order valence-corrected chi connectivity index (χ1v) is 8.32. The van der Waals surface area contributed by atoms with E-state index in [2.05, 4.69) is 25.8 Å². The van der Waals surface area contributed by atoms with Crippen LogP contribution in [0.1, 0.15) is 27.2 Å². The summed E-state index contributed by atoms with van der Waals surface area (Å²) in [5.74, 6) is 0. The lowest BCUT2D eigenvalue weighted by molar-refractivity contribution is -0.0379. The van der Waals surface area contributed by atoms with E-state index < -0.39 is 5.60 Å². The Morgan fingerprint density at radius 1 is 1.45 bits per heavy atom. The lowest BCUT2D eigenvalue weighted by Gasteiger charge is -2.55. The molecule has 4 heterocycles. The standard InChI is InChI=1S/C13H18BrN3O2S/c1-13(2,3)19-12(18)17-8-4-9(17)7-16(6-8)11-15-5-10(14)20-11/h5,8-9H,4,6-7H2,1-3H3. The third-order valence-electron chi connectivity index (χ3n) is 3.53. The highest BCUT2D eigenvalue weighted by atomic mass is 79.9. The maximum Gasteiger partial charge on any atom is 0.410 e. The maximum atomic E-state index is 12.2. The Hall–Kier alpha value is -0.820. The van der Waals surface area contributed by atoms with E-state index in [1.807, 2.05) is 31.9 Å². The zero-order valence-corrected chi connectivity index (χ0v) is 14.2. The first kappa shape index (κ1) is 14.1. The van der Waals surface area contributed by atoms with Gasteiger partial charge in [-0.15, -0.1) is 0 Å². The molecule has 5 nitrogen and oxygen atoms in total. The van der Waals surface area contributed by atoms with Gasteiger partial charge in [-0.1, -0.05) is 11.3 Å². The zero-order chi connectivity index (χ0) is 14.5. The third kappa shape index (κ3) is 2.65. The molecule has 3 aliphatic heterocycles. The minimum Gasteiger partial charge on any atom is -0.444 e. The van der Waals surface area contributed by atoms with Crippen LogP contribution in [0.2, 0.25) is 0 Å². The topological polar surface area (TPSA) is 45.7 Å². The van der Waals surface area contributed by atoms with Crippen molar-refractivity contribution in [3.05, 3.63) is 9.98 Å². The Morgan fingerprint density at radius 2 is 2.10 bits per heavy atom. The number of halogens is 1. The lowest BCUT2D eigenvalue weighted by Crippen LogP contribution is -2.70. The molecule has 2 atom stereocenters. The molecule has 0 radical (unpaired) electrons. The van der Waals surface area contributed by atoms with Crippen LogP contribution in [0.5, 0.6) is 0 Å². The van der Waals surface area contributed by atoms with E-state index >= 15 is 0 Å². The van der Waals surface area contributed by atoms with Gasteiger partial charge in [0.15, 0.2) is 5.13 Å². The molecule has 20 heavy (non-hydrogen) atoms. The van der Waals surface area contributed by atoms with Crippen molar-refractivity contribution in [1.82, 2.24) is 9.88 Å². The number of piperidine rings is 1. The second-order valence-corrected chi connectivity index (χ2v) is 8.67. The molecule has 3 aliphatic rings. The van der Waals surface area contributed by atoms with Gasteiger partial charge < -0.3 is 9.64 Å². The summed E-state index contributed by atoms with van der Waals surface area (Å²) in [4.78, 5) is 20.7. The Bertz CT molecular complexity index is 516. The average Bonchev–Trinajstić information content (AvgIpc) is 2.73. The molecule has 3 fully saturated rings. The van der Waals surface area contributed by atoms with E-state index in [4.69, 9.17) is 4.74 Å². The Labute approximate surface area is 131 Å². The molecule has 1 amide bonds. The minimum absolute atomic E-state index is 0.182. The molecule has 110 valence electrons. The van der Waals surface area contributed by atoms with Crippen molar-refractivity contribution in [2.24, 2.45) is 0 Å². The van der Waals surface area contributed by atoms with Crippen molar-refractivity contribution >= 4 is 38.5 Å². The fraction of sp³-hybridized carbons (Fsp3) is 0.692. The first-order chi connectivity index (χ1) is 9.33. The number of hydrogen-bond acceptors (Lipinski definition) is 5. The molecule has 1 aromatic heterocycles. The van der Waals surface area contributed by atoms with Crippen molar-refractivity contribution in [3.8, 4) is 0 Å². The summed E-state index contributed by atoms with van der Waals surface area (Å²) in [6.45, 7) is 7.39. The monoisotopic (exact) mass is 359 g/mol. The van der Waals surface area contributed by atoms with Crippen LogP contribution >= 0.6 is 27.3 Å². The predicted molar refractivity (Wildman–Crippen MR) is 82.3 cm³/mol. The number of carbonyl (C=O) groups excluding carboxylic acids is 1. The summed E-state index contributed by atoms with van der Waals surface area (Å²) in [5, 5.41) is 1.02. The largest absolute Gasteiger partial charge is 0.444 e. The van der Waals surface area contributed by atoms with Crippen molar-refractivity contribution < 1.29 is 9.53 Å². The highest BCUT2D eigenvalue weighted by Crippen LogP contribution is 2.37.